The molecule has 2 fully saturated rings. The van der Waals surface area contributed by atoms with E-state index in [4.69, 9.17) is 16.2 Å². The number of halogens is 1. The molecule has 55 heavy (non-hydrogen) atoms. The lowest BCUT2D eigenvalue weighted by Gasteiger charge is -2.38. The molecule has 4 rings (SSSR count). The van der Waals surface area contributed by atoms with Gasteiger partial charge in [-0.1, -0.05) is 35.5 Å². The van der Waals surface area contributed by atoms with Crippen molar-refractivity contribution in [3.8, 4) is 0 Å². The number of guanidine groups is 1. The predicted molar refractivity (Wildman–Crippen MR) is 185 cm³/mol. The highest BCUT2D eigenvalue weighted by molar-refractivity contribution is 5.98. The number of rotatable bonds is 12. The standard InChI is InChI=1S/C32H44FN11O11/c33-24-26(50)25(49)21(14-45)55-31(24)44-13-16(42-43-44)10-19-29(53)39-17(7-4-8-36-32(34)35)27(51)37-12-22(46)38-20(11-23(47)48)30(54)40-18(28(52)41-19)9-15-5-2-1-3-6-15/h1-3,5-6,13,17-21,24-26,31,45,49-50H,4,7-12,14H2,(H,37,51)(H,38,46)(H,39,53)(H,40,54)(H,41,52)(H,47,48)(H4,34,35,36)/t17-,18+,19-,20-,21+,24+,25+,26+,31+/m0/s1/i33-1. The Balaban J connectivity index is 1.70. The number of hydrogen-bond acceptors (Lipinski definition) is 13. The van der Waals surface area contributed by atoms with E-state index in [1.165, 1.54) is 0 Å². The topological polar surface area (TPSA) is 348 Å². The van der Waals surface area contributed by atoms with E-state index >= 15 is 4.39 Å². The minimum Gasteiger partial charge on any atom is -0.481 e. The highest BCUT2D eigenvalue weighted by Crippen LogP contribution is 2.30. The molecule has 3 heterocycles. The number of nitrogens with one attached hydrogen (secondary N) is 5. The first-order valence-corrected chi connectivity index (χ1v) is 17.1. The zero-order valence-corrected chi connectivity index (χ0v) is 29.3. The number of nitrogens with zero attached hydrogens (tertiary/aromatic N) is 4. The number of amides is 5. The highest BCUT2D eigenvalue weighted by Gasteiger charge is 2.46. The lowest BCUT2D eigenvalue weighted by molar-refractivity contribution is -0.237. The SMILES string of the molecule is NC(N)=NCCC[C@@H]1NC(=O)[C@H](Cc2cn([C@@H]3O[C@H](CO)[C@@H](O)[C@H](O)[C@H]3[18F])nn2)NC(=O)[C@@H](Cc2ccccc2)NC(=O)[C@H](CC(=O)O)NC(=O)CNC1=O. The Labute approximate surface area is 312 Å². The highest BCUT2D eigenvalue weighted by atomic mass is 18.2. The van der Waals surface area contributed by atoms with Gasteiger partial charge in [0, 0.05) is 19.4 Å². The van der Waals surface area contributed by atoms with Crippen LogP contribution in [0, 0.1) is 0 Å². The van der Waals surface area contributed by atoms with Gasteiger partial charge in [-0.2, -0.15) is 0 Å². The largest absolute Gasteiger partial charge is 0.481 e. The number of aromatic nitrogens is 3. The molecule has 0 unspecified atom stereocenters. The van der Waals surface area contributed by atoms with E-state index in [9.17, 15) is 49.2 Å². The summed E-state index contributed by atoms with van der Waals surface area (Å²) in [4.78, 5) is 83.0. The van der Waals surface area contributed by atoms with Gasteiger partial charge in [-0.05, 0) is 18.4 Å². The zero-order valence-electron chi connectivity index (χ0n) is 29.3. The van der Waals surface area contributed by atoms with E-state index in [2.05, 4.69) is 41.9 Å². The Kier molecular flexibility index (Phi) is 14.9. The van der Waals surface area contributed by atoms with Gasteiger partial charge in [-0.25, -0.2) is 9.07 Å². The fraction of sp³-hybridized carbons (Fsp3) is 0.531. The van der Waals surface area contributed by atoms with Crippen LogP contribution >= 0.6 is 0 Å². The Hall–Kier alpha value is -5.78. The Morgan fingerprint density at radius 2 is 1.55 bits per heavy atom. The van der Waals surface area contributed by atoms with Crippen molar-refractivity contribution in [1.29, 1.82) is 0 Å². The zero-order chi connectivity index (χ0) is 40.2. The summed E-state index contributed by atoms with van der Waals surface area (Å²) in [6, 6.07) is 2.35. The molecule has 0 aliphatic carbocycles. The molecule has 1 aromatic carbocycles. The maximum atomic E-state index is 15.1. The third kappa shape index (κ3) is 11.9. The summed E-state index contributed by atoms with van der Waals surface area (Å²) in [6.07, 6.45) is -9.20. The van der Waals surface area contributed by atoms with E-state index in [0.29, 0.717) is 5.56 Å². The predicted octanol–water partition coefficient (Wildman–Crippen LogP) is -5.39. The minimum absolute atomic E-state index is 0.0379. The monoisotopic (exact) mass is 776 g/mol. The summed E-state index contributed by atoms with van der Waals surface area (Å²) in [5.41, 5.74) is 11.3. The third-order valence-electron chi connectivity index (χ3n) is 8.64. The van der Waals surface area contributed by atoms with E-state index in [1.807, 2.05) is 0 Å². The molecule has 0 bridgehead atoms. The number of aliphatic carboxylic acids is 1. The number of aliphatic imine (C=N–C) groups is 1. The van der Waals surface area contributed by atoms with Crippen LogP contribution in [0.25, 0.3) is 0 Å². The van der Waals surface area contributed by atoms with Crippen molar-refractivity contribution in [1.82, 2.24) is 41.6 Å². The normalized spacial score (nSPS) is 28.3. The Morgan fingerprint density at radius 1 is 0.909 bits per heavy atom. The summed E-state index contributed by atoms with van der Waals surface area (Å²) in [6.45, 7) is -1.43. The molecule has 2 aliphatic rings. The summed E-state index contributed by atoms with van der Waals surface area (Å²) in [5, 5.41) is 59.1. The molecular weight excluding hydrogens is 732 g/mol. The summed E-state index contributed by atoms with van der Waals surface area (Å²) in [5.74, 6) is -6.39. The van der Waals surface area contributed by atoms with E-state index in [0.717, 1.165) is 10.9 Å². The maximum Gasteiger partial charge on any atom is 0.305 e. The molecule has 0 radical (unpaired) electrons. The Morgan fingerprint density at radius 3 is 2.18 bits per heavy atom. The molecule has 9 atom stereocenters. The summed E-state index contributed by atoms with van der Waals surface area (Å²) < 4.78 is 21.3. The van der Waals surface area contributed by atoms with Crippen molar-refractivity contribution in [2.45, 2.75) is 87.0 Å². The van der Waals surface area contributed by atoms with Crippen LogP contribution in [0.15, 0.2) is 41.5 Å². The molecule has 5 amide bonds. The van der Waals surface area contributed by atoms with Crippen molar-refractivity contribution in [3.05, 3.63) is 47.8 Å². The molecule has 13 N–H and O–H groups in total. The van der Waals surface area contributed by atoms with Gasteiger partial charge in [0.1, 0.15) is 42.5 Å². The molecular formula is C32H44FN11O11. The fourth-order valence-corrected chi connectivity index (χ4v) is 5.79. The van der Waals surface area contributed by atoms with Crippen LogP contribution in [0.2, 0.25) is 0 Å². The number of hydrogen-bond donors (Lipinski definition) is 11. The lowest BCUT2D eigenvalue weighted by Crippen LogP contribution is -2.58. The van der Waals surface area contributed by atoms with Gasteiger partial charge in [-0.3, -0.25) is 33.8 Å². The first-order chi connectivity index (χ1) is 26.2. The number of aliphatic hydroxyl groups is 3. The van der Waals surface area contributed by atoms with Gasteiger partial charge in [-0.15, -0.1) is 5.10 Å². The number of aliphatic hydroxyl groups excluding tert-OH is 3. The van der Waals surface area contributed by atoms with Crippen molar-refractivity contribution in [2.75, 3.05) is 19.7 Å². The van der Waals surface area contributed by atoms with Gasteiger partial charge in [0.05, 0.1) is 31.5 Å². The third-order valence-corrected chi connectivity index (χ3v) is 8.64. The Bertz CT molecular complexity index is 1710. The van der Waals surface area contributed by atoms with Crippen LogP contribution in [-0.4, -0.2) is 145 Å². The van der Waals surface area contributed by atoms with E-state index < -0.39 is 116 Å². The van der Waals surface area contributed by atoms with Crippen molar-refractivity contribution in [3.63, 3.8) is 0 Å². The van der Waals surface area contributed by atoms with Crippen LogP contribution in [0.4, 0.5) is 4.39 Å². The molecule has 2 aromatic rings. The molecule has 0 spiro atoms. The number of nitrogens with two attached hydrogens (primary N) is 2. The van der Waals surface area contributed by atoms with Crippen LogP contribution in [0.1, 0.15) is 36.7 Å². The van der Waals surface area contributed by atoms with E-state index in [-0.39, 0.29) is 37.5 Å². The first kappa shape index (κ1) is 42.0. The van der Waals surface area contributed by atoms with Crippen LogP contribution in [-0.2, 0) is 46.3 Å². The number of carboxylic acids is 1. The second-order valence-electron chi connectivity index (χ2n) is 12.8. The van der Waals surface area contributed by atoms with Gasteiger partial charge in [0.15, 0.2) is 18.4 Å². The molecule has 300 valence electrons. The average Bonchev–Trinajstić information content (AvgIpc) is 3.61. The first-order valence-electron chi connectivity index (χ1n) is 17.1. The van der Waals surface area contributed by atoms with E-state index in [1.54, 1.807) is 30.3 Å². The van der Waals surface area contributed by atoms with Crippen molar-refractivity contribution >= 4 is 41.5 Å². The number of carbonyl (C=O) groups excluding carboxylic acids is 5. The number of ether oxygens (including phenoxy) is 1. The second kappa shape index (κ2) is 19.5. The van der Waals surface area contributed by atoms with Crippen LogP contribution < -0.4 is 38.1 Å². The van der Waals surface area contributed by atoms with Gasteiger partial charge in [0.2, 0.25) is 29.5 Å². The number of carbonyl (C=O) groups is 6. The molecule has 2 aliphatic heterocycles. The number of carboxylic acid groups (broad SMARTS) is 1. The van der Waals surface area contributed by atoms with Crippen LogP contribution in [0.5, 0.6) is 0 Å². The number of benzene rings is 1. The molecule has 23 heteroatoms. The molecule has 2 saturated heterocycles. The molecule has 22 nitrogen and oxygen atoms in total. The minimum atomic E-state index is -2.22. The smallest absolute Gasteiger partial charge is 0.305 e. The average molecular weight is 777 g/mol. The molecule has 0 saturated carbocycles. The van der Waals surface area contributed by atoms with Gasteiger partial charge in [0.25, 0.3) is 0 Å². The van der Waals surface area contributed by atoms with Gasteiger partial charge >= 0.3 is 5.97 Å². The second-order valence-corrected chi connectivity index (χ2v) is 12.8. The van der Waals surface area contributed by atoms with Crippen LogP contribution in [0.3, 0.4) is 0 Å². The fourth-order valence-electron chi connectivity index (χ4n) is 5.79. The summed E-state index contributed by atoms with van der Waals surface area (Å²) in [7, 11) is 0. The summed E-state index contributed by atoms with van der Waals surface area (Å²) >= 11 is 0. The lowest BCUT2D eigenvalue weighted by atomic mass is 9.99. The quantitative estimate of drug-likeness (QED) is 0.0545. The molecule has 1 aromatic heterocycles. The maximum absolute atomic E-state index is 15.1. The van der Waals surface area contributed by atoms with Crippen molar-refractivity contribution in [2.24, 2.45) is 16.5 Å². The van der Waals surface area contributed by atoms with Gasteiger partial charge < -0.3 is 63.2 Å². The number of alkyl halides is 1. The van der Waals surface area contributed by atoms with Crippen molar-refractivity contribution < 1.29 is 58.3 Å².